The molecule has 1 rings (SSSR count). The zero-order chi connectivity index (χ0) is 14.8. The zero-order valence-electron chi connectivity index (χ0n) is 11.3. The number of hydrogen-bond acceptors (Lipinski definition) is 5. The number of nitrogens with zero attached hydrogens (tertiary/aromatic N) is 3. The predicted molar refractivity (Wildman–Crippen MR) is 69.2 cm³/mol. The third-order valence-corrected chi connectivity index (χ3v) is 2.72. The van der Waals surface area contributed by atoms with Gasteiger partial charge in [0.05, 0.1) is 11.5 Å². The summed E-state index contributed by atoms with van der Waals surface area (Å²) in [6.07, 6.45) is 0. The van der Waals surface area contributed by atoms with Crippen molar-refractivity contribution < 1.29 is 14.5 Å². The van der Waals surface area contributed by atoms with E-state index in [0.717, 1.165) is 4.68 Å². The first-order valence-corrected chi connectivity index (χ1v) is 6.13. The molecule has 0 saturated heterocycles. The van der Waals surface area contributed by atoms with Crippen molar-refractivity contribution in [1.29, 1.82) is 0 Å². The molecule has 0 aliphatic carbocycles. The van der Waals surface area contributed by atoms with Gasteiger partial charge in [0.25, 0.3) is 0 Å². The fourth-order valence-electron chi connectivity index (χ4n) is 1.53. The first-order chi connectivity index (χ1) is 8.68. The Kier molecular flexibility index (Phi) is 4.52. The SMILES string of the molecule is CCOC(=O)Cn1nc(C(C)(C)C)c([N+](=O)[O-])c1Cl. The van der Waals surface area contributed by atoms with Crippen LogP contribution in [0.1, 0.15) is 33.4 Å². The number of carbonyl (C=O) groups is 1. The van der Waals surface area contributed by atoms with E-state index in [4.69, 9.17) is 16.3 Å². The summed E-state index contributed by atoms with van der Waals surface area (Å²) >= 11 is 5.93. The van der Waals surface area contributed by atoms with Crippen LogP contribution in [0, 0.1) is 10.1 Å². The normalized spacial score (nSPS) is 11.4. The number of carbonyl (C=O) groups excluding carboxylic acids is 1. The van der Waals surface area contributed by atoms with E-state index in [-0.39, 0.29) is 29.7 Å². The van der Waals surface area contributed by atoms with Crippen molar-refractivity contribution in [3.05, 3.63) is 21.0 Å². The summed E-state index contributed by atoms with van der Waals surface area (Å²) in [6.45, 7) is 7.01. The molecule has 1 aromatic rings. The van der Waals surface area contributed by atoms with Gasteiger partial charge in [0.15, 0.2) is 0 Å². The summed E-state index contributed by atoms with van der Waals surface area (Å²) in [5.41, 5.74) is -0.573. The van der Waals surface area contributed by atoms with Crippen molar-refractivity contribution in [2.24, 2.45) is 0 Å². The summed E-state index contributed by atoms with van der Waals surface area (Å²) in [6, 6.07) is 0. The third kappa shape index (κ3) is 3.44. The molecule has 0 unspecified atom stereocenters. The van der Waals surface area contributed by atoms with E-state index in [1.807, 2.05) is 0 Å². The minimum absolute atomic E-state index is 0.164. The van der Waals surface area contributed by atoms with Crippen LogP contribution in [-0.2, 0) is 21.5 Å². The topological polar surface area (TPSA) is 87.3 Å². The lowest BCUT2D eigenvalue weighted by atomic mass is 9.91. The molecule has 7 nitrogen and oxygen atoms in total. The molecule has 0 radical (unpaired) electrons. The Morgan fingerprint density at radius 3 is 2.47 bits per heavy atom. The second kappa shape index (κ2) is 5.56. The fourth-order valence-corrected chi connectivity index (χ4v) is 1.79. The molecule has 1 aromatic heterocycles. The van der Waals surface area contributed by atoms with Gasteiger partial charge in [0, 0.05) is 5.41 Å². The van der Waals surface area contributed by atoms with Crippen molar-refractivity contribution >= 4 is 23.3 Å². The van der Waals surface area contributed by atoms with Crippen LogP contribution in [0.2, 0.25) is 5.15 Å². The van der Waals surface area contributed by atoms with Crippen molar-refractivity contribution in [2.45, 2.75) is 39.7 Å². The van der Waals surface area contributed by atoms with Crippen molar-refractivity contribution in [3.8, 4) is 0 Å². The molecule has 0 amide bonds. The number of nitro groups is 1. The summed E-state index contributed by atoms with van der Waals surface area (Å²) in [4.78, 5) is 21.9. The molecular weight excluding hydrogens is 274 g/mol. The Morgan fingerprint density at radius 1 is 1.53 bits per heavy atom. The lowest BCUT2D eigenvalue weighted by Gasteiger charge is -2.13. The van der Waals surface area contributed by atoms with Crippen molar-refractivity contribution in [2.75, 3.05) is 6.61 Å². The van der Waals surface area contributed by atoms with Gasteiger partial charge >= 0.3 is 11.7 Å². The van der Waals surface area contributed by atoms with Gasteiger partial charge in [-0.05, 0) is 6.92 Å². The van der Waals surface area contributed by atoms with Gasteiger partial charge in [-0.3, -0.25) is 14.9 Å². The number of rotatable bonds is 4. The minimum Gasteiger partial charge on any atom is -0.465 e. The van der Waals surface area contributed by atoms with E-state index in [0.29, 0.717) is 0 Å². The first kappa shape index (κ1) is 15.4. The van der Waals surface area contributed by atoms with E-state index in [1.165, 1.54) is 0 Å². The van der Waals surface area contributed by atoms with Gasteiger partial charge in [-0.25, -0.2) is 4.68 Å². The van der Waals surface area contributed by atoms with Gasteiger partial charge < -0.3 is 4.74 Å². The molecule has 19 heavy (non-hydrogen) atoms. The van der Waals surface area contributed by atoms with E-state index in [1.54, 1.807) is 27.7 Å². The van der Waals surface area contributed by atoms with Crippen LogP contribution in [0.4, 0.5) is 5.69 Å². The Labute approximate surface area is 115 Å². The largest absolute Gasteiger partial charge is 0.465 e. The molecule has 0 atom stereocenters. The predicted octanol–water partition coefficient (Wildman–Crippen LogP) is 2.31. The molecule has 0 fully saturated rings. The monoisotopic (exact) mass is 289 g/mol. The maximum atomic E-state index is 11.4. The Hall–Kier alpha value is -1.63. The van der Waals surface area contributed by atoms with Gasteiger partial charge in [-0.2, -0.15) is 5.10 Å². The second-order valence-electron chi connectivity index (χ2n) is 4.96. The molecule has 106 valence electrons. The van der Waals surface area contributed by atoms with Crippen molar-refractivity contribution in [1.82, 2.24) is 9.78 Å². The van der Waals surface area contributed by atoms with Crippen molar-refractivity contribution in [3.63, 3.8) is 0 Å². The van der Waals surface area contributed by atoms with Gasteiger partial charge in [-0.15, -0.1) is 0 Å². The van der Waals surface area contributed by atoms with E-state index in [2.05, 4.69) is 5.10 Å². The van der Waals surface area contributed by atoms with E-state index in [9.17, 15) is 14.9 Å². The summed E-state index contributed by atoms with van der Waals surface area (Å²) in [5, 5.41) is 15.0. The number of ether oxygens (including phenoxy) is 1. The maximum absolute atomic E-state index is 11.4. The maximum Gasteiger partial charge on any atom is 0.329 e. The lowest BCUT2D eigenvalue weighted by molar-refractivity contribution is -0.385. The lowest BCUT2D eigenvalue weighted by Crippen LogP contribution is -2.17. The van der Waals surface area contributed by atoms with Crippen LogP contribution < -0.4 is 0 Å². The van der Waals surface area contributed by atoms with Crippen LogP contribution in [-0.4, -0.2) is 27.3 Å². The minimum atomic E-state index is -0.586. The number of halogens is 1. The quantitative estimate of drug-likeness (QED) is 0.482. The van der Waals surface area contributed by atoms with Crippen LogP contribution >= 0.6 is 11.6 Å². The van der Waals surface area contributed by atoms with Crippen LogP contribution in [0.3, 0.4) is 0 Å². The molecule has 1 heterocycles. The van der Waals surface area contributed by atoms with Crippen LogP contribution in [0.15, 0.2) is 0 Å². The molecular formula is C11H16ClN3O4. The number of esters is 1. The molecule has 0 saturated carbocycles. The average Bonchev–Trinajstić information content (AvgIpc) is 2.56. The Balaban J connectivity index is 3.22. The van der Waals surface area contributed by atoms with Gasteiger partial charge in [0.1, 0.15) is 12.2 Å². The Bertz CT molecular complexity index is 505. The molecule has 0 aliphatic rings. The molecule has 0 bridgehead atoms. The number of hydrogen-bond donors (Lipinski definition) is 0. The second-order valence-corrected chi connectivity index (χ2v) is 5.32. The summed E-state index contributed by atoms with van der Waals surface area (Å²) in [5.74, 6) is -0.540. The molecule has 8 heteroatoms. The average molecular weight is 290 g/mol. The van der Waals surface area contributed by atoms with Gasteiger partial charge in [-0.1, -0.05) is 32.4 Å². The highest BCUT2D eigenvalue weighted by atomic mass is 35.5. The highest BCUT2D eigenvalue weighted by molar-refractivity contribution is 6.31. The van der Waals surface area contributed by atoms with E-state index < -0.39 is 16.3 Å². The van der Waals surface area contributed by atoms with E-state index >= 15 is 0 Å². The molecule has 0 aliphatic heterocycles. The van der Waals surface area contributed by atoms with Crippen LogP contribution in [0.25, 0.3) is 0 Å². The van der Waals surface area contributed by atoms with Crippen LogP contribution in [0.5, 0.6) is 0 Å². The third-order valence-electron chi connectivity index (χ3n) is 2.34. The molecule has 0 N–H and O–H groups in total. The first-order valence-electron chi connectivity index (χ1n) is 5.75. The molecule has 0 spiro atoms. The zero-order valence-corrected chi connectivity index (χ0v) is 12.0. The van der Waals surface area contributed by atoms with Gasteiger partial charge in [0.2, 0.25) is 5.15 Å². The molecule has 0 aromatic carbocycles. The fraction of sp³-hybridized carbons (Fsp3) is 0.636. The highest BCUT2D eigenvalue weighted by Gasteiger charge is 2.34. The summed E-state index contributed by atoms with van der Waals surface area (Å²) in [7, 11) is 0. The highest BCUT2D eigenvalue weighted by Crippen LogP contribution is 2.35. The standard InChI is InChI=1S/C11H16ClN3O4/c1-5-19-7(16)6-14-10(12)8(15(17)18)9(13-14)11(2,3)4/h5-6H2,1-4H3. The number of aromatic nitrogens is 2. The Morgan fingerprint density at radius 2 is 2.11 bits per heavy atom. The smallest absolute Gasteiger partial charge is 0.329 e. The summed E-state index contributed by atoms with van der Waals surface area (Å²) < 4.78 is 5.86.